The van der Waals surface area contributed by atoms with E-state index < -0.39 is 29.1 Å². The Morgan fingerprint density at radius 3 is 2.24 bits per heavy atom. The number of aromatic nitrogens is 1. The Labute approximate surface area is 289 Å². The van der Waals surface area contributed by atoms with E-state index in [1.807, 2.05) is 0 Å². The molecule has 278 valence electrons. The summed E-state index contributed by atoms with van der Waals surface area (Å²) in [4.78, 5) is 45.0. The van der Waals surface area contributed by atoms with Crippen LogP contribution in [0.2, 0.25) is 0 Å². The second-order valence-electron chi connectivity index (χ2n) is 13.2. The van der Waals surface area contributed by atoms with Gasteiger partial charge in [-0.05, 0) is 64.5 Å². The van der Waals surface area contributed by atoms with Crippen LogP contribution in [0.25, 0.3) is 0 Å². The number of pyridine rings is 1. The Kier molecular flexibility index (Phi) is 16.3. The first kappa shape index (κ1) is 40.2. The number of carbonyl (C=O) groups excluding carboxylic acids is 3. The first-order valence-electron chi connectivity index (χ1n) is 17.2. The smallest absolute Gasteiger partial charge is 0.407 e. The number of aliphatic hydroxyl groups excluding tert-OH is 1. The topological polar surface area (TPSA) is 176 Å². The van der Waals surface area contributed by atoms with Crippen LogP contribution in [0.15, 0.2) is 12.1 Å². The summed E-state index contributed by atoms with van der Waals surface area (Å²) >= 11 is 0. The van der Waals surface area contributed by atoms with Crippen LogP contribution in [-0.2, 0) is 33.2 Å². The third kappa shape index (κ3) is 13.2. The number of rotatable bonds is 23. The van der Waals surface area contributed by atoms with Crippen molar-refractivity contribution in [3.8, 4) is 5.88 Å². The molecule has 0 aromatic carbocycles. The highest BCUT2D eigenvalue weighted by atomic mass is 16.6. The number of hydrogen-bond acceptors (Lipinski definition) is 13. The molecule has 3 rings (SSSR count). The van der Waals surface area contributed by atoms with Gasteiger partial charge in [0.05, 0.1) is 52.4 Å². The zero-order chi connectivity index (χ0) is 35.9. The fourth-order valence-corrected chi connectivity index (χ4v) is 5.12. The van der Waals surface area contributed by atoms with Crippen molar-refractivity contribution in [2.75, 3.05) is 91.1 Å². The van der Waals surface area contributed by atoms with Crippen LogP contribution in [0.3, 0.4) is 0 Å². The van der Waals surface area contributed by atoms with Crippen molar-refractivity contribution in [1.29, 1.82) is 0 Å². The maximum absolute atomic E-state index is 13.6. The molecule has 2 fully saturated rings. The molecule has 3 N–H and O–H groups in total. The third-order valence-corrected chi connectivity index (χ3v) is 8.29. The van der Waals surface area contributed by atoms with Gasteiger partial charge in [-0.15, -0.1) is 0 Å². The van der Waals surface area contributed by atoms with Gasteiger partial charge in [-0.3, -0.25) is 4.79 Å². The van der Waals surface area contributed by atoms with Crippen LogP contribution >= 0.6 is 0 Å². The predicted octanol–water partition coefficient (Wildman–Crippen LogP) is 2.33. The van der Waals surface area contributed by atoms with E-state index in [1.54, 1.807) is 53.9 Å². The number of hydrogen-bond donors (Lipinski definition) is 3. The van der Waals surface area contributed by atoms with Crippen molar-refractivity contribution < 1.29 is 52.6 Å². The van der Waals surface area contributed by atoms with Crippen LogP contribution in [0.4, 0.5) is 10.5 Å². The molecule has 3 atom stereocenters. The third-order valence-electron chi connectivity index (χ3n) is 8.29. The molecule has 0 bridgehead atoms. The molecule has 49 heavy (non-hydrogen) atoms. The molecular weight excluding hydrogens is 640 g/mol. The Hall–Kier alpha value is -3.24. The summed E-state index contributed by atoms with van der Waals surface area (Å²) in [5.41, 5.74) is -1.02. The highest BCUT2D eigenvalue weighted by Crippen LogP contribution is 2.39. The molecule has 1 aliphatic heterocycles. The summed E-state index contributed by atoms with van der Waals surface area (Å²) in [6.45, 7) is 13.0. The minimum absolute atomic E-state index is 0.108. The van der Waals surface area contributed by atoms with Crippen molar-refractivity contribution in [3.63, 3.8) is 0 Å². The number of carbonyl (C=O) groups is 3. The number of ether oxygens (including phenoxy) is 7. The Morgan fingerprint density at radius 2 is 1.65 bits per heavy atom. The second kappa shape index (κ2) is 19.8. The second-order valence-corrected chi connectivity index (χ2v) is 13.2. The summed E-state index contributed by atoms with van der Waals surface area (Å²) in [5, 5.41) is 14.9. The predicted molar refractivity (Wildman–Crippen MR) is 180 cm³/mol. The van der Waals surface area contributed by atoms with E-state index in [1.165, 1.54) is 0 Å². The molecule has 1 aromatic rings. The number of anilines is 1. The number of nitrogens with zero attached hydrogens (tertiary/aromatic N) is 2. The fourth-order valence-electron chi connectivity index (χ4n) is 5.12. The number of esters is 1. The first-order valence-corrected chi connectivity index (χ1v) is 17.2. The lowest BCUT2D eigenvalue weighted by Gasteiger charge is -2.40. The van der Waals surface area contributed by atoms with Crippen LogP contribution in [0.5, 0.6) is 5.88 Å². The van der Waals surface area contributed by atoms with Gasteiger partial charge in [0, 0.05) is 46.4 Å². The van der Waals surface area contributed by atoms with E-state index >= 15 is 0 Å². The van der Waals surface area contributed by atoms with E-state index in [9.17, 15) is 19.5 Å². The minimum Gasteiger partial charge on any atom is -0.476 e. The quantitative estimate of drug-likeness (QED) is 0.112. The fraction of sp³-hybridized carbons (Fsp3) is 0.765. The number of alkyl carbamates (subject to hydrolysis) is 1. The number of amides is 2. The number of aliphatic hydroxyl groups is 1. The summed E-state index contributed by atoms with van der Waals surface area (Å²) in [6.07, 6.45) is 0.963. The Morgan fingerprint density at radius 1 is 0.980 bits per heavy atom. The van der Waals surface area contributed by atoms with Crippen LogP contribution in [0, 0.1) is 11.8 Å². The molecular formula is C34H56N4O11. The van der Waals surface area contributed by atoms with E-state index in [4.69, 9.17) is 33.2 Å². The summed E-state index contributed by atoms with van der Waals surface area (Å²) < 4.78 is 38.7. The lowest BCUT2D eigenvalue weighted by atomic mass is 9.92. The molecule has 15 nitrogen and oxygen atoms in total. The average Bonchev–Trinajstić information content (AvgIpc) is 3.81. The summed E-state index contributed by atoms with van der Waals surface area (Å²) in [6, 6.07) is 3.42. The van der Waals surface area contributed by atoms with E-state index in [2.05, 4.69) is 20.5 Å². The van der Waals surface area contributed by atoms with E-state index in [-0.39, 0.29) is 62.9 Å². The molecule has 1 aromatic heterocycles. The van der Waals surface area contributed by atoms with Gasteiger partial charge in [-0.2, -0.15) is 0 Å². The van der Waals surface area contributed by atoms with Gasteiger partial charge in [0.1, 0.15) is 22.5 Å². The molecule has 1 saturated carbocycles. The lowest BCUT2D eigenvalue weighted by molar-refractivity contribution is -0.152. The number of methoxy groups -OCH3 is 1. The average molecular weight is 697 g/mol. The zero-order valence-corrected chi connectivity index (χ0v) is 29.9. The highest BCUT2D eigenvalue weighted by molar-refractivity contribution is 5.97. The SMILES string of the molecule is CCOC(=O)C(CC)(CCOCCOCCOCCNC(=O)OC(C)(C)C)NC(=O)c1ccc(N2CC(OC)C2)c(OC[C@H]2C[C@@H]2CO)n1. The van der Waals surface area contributed by atoms with Crippen molar-refractivity contribution in [3.05, 3.63) is 17.8 Å². The number of nitrogens with one attached hydrogen (secondary N) is 2. The lowest BCUT2D eigenvalue weighted by Crippen LogP contribution is -2.55. The van der Waals surface area contributed by atoms with Crippen molar-refractivity contribution in [2.45, 2.75) is 71.1 Å². The van der Waals surface area contributed by atoms with Crippen molar-refractivity contribution in [2.24, 2.45) is 11.8 Å². The maximum Gasteiger partial charge on any atom is 0.407 e. The van der Waals surface area contributed by atoms with E-state index in [0.717, 1.165) is 12.1 Å². The Balaban J connectivity index is 1.47. The molecule has 1 unspecified atom stereocenters. The van der Waals surface area contributed by atoms with E-state index in [0.29, 0.717) is 58.5 Å². The van der Waals surface area contributed by atoms with Gasteiger partial charge in [-0.25, -0.2) is 14.6 Å². The van der Waals surface area contributed by atoms with Crippen molar-refractivity contribution in [1.82, 2.24) is 15.6 Å². The molecule has 0 radical (unpaired) electrons. The van der Waals surface area contributed by atoms with Gasteiger partial charge in [-0.1, -0.05) is 6.92 Å². The highest BCUT2D eigenvalue weighted by Gasteiger charge is 2.41. The van der Waals surface area contributed by atoms with Crippen molar-refractivity contribution >= 4 is 23.7 Å². The minimum atomic E-state index is -1.33. The van der Waals surface area contributed by atoms with Crippen LogP contribution in [-0.4, -0.2) is 132 Å². The summed E-state index contributed by atoms with van der Waals surface area (Å²) in [5.74, 6) is -0.285. The van der Waals surface area contributed by atoms with Gasteiger partial charge in [0.15, 0.2) is 0 Å². The molecule has 1 saturated heterocycles. The summed E-state index contributed by atoms with van der Waals surface area (Å²) in [7, 11) is 1.67. The molecule has 2 heterocycles. The van der Waals surface area contributed by atoms with Crippen LogP contribution < -0.4 is 20.3 Å². The van der Waals surface area contributed by atoms with Crippen LogP contribution in [0.1, 0.15) is 64.4 Å². The normalized spacial score (nSPS) is 18.6. The molecule has 15 heteroatoms. The van der Waals surface area contributed by atoms with Gasteiger partial charge < -0.3 is 53.8 Å². The molecule has 1 aliphatic carbocycles. The molecule has 0 spiro atoms. The standard InChI is InChI=1S/C34H56N4O11/c1-7-34(31(41)47-8-2,11-13-44-15-17-46-18-16-45-14-12-35-32(42)49-33(3,4)5)37-29(40)27-9-10-28(38-20-26(21-38)43-6)30(36-27)48-23-25-19-24(25)22-39/h9-10,24-26,39H,7-8,11-23H2,1-6H3,(H,35,42)(H,37,40)/t24-,25-,34?/m1/s1. The van der Waals surface area contributed by atoms with Gasteiger partial charge in [0.25, 0.3) is 5.91 Å². The Bertz CT molecular complexity index is 1190. The monoisotopic (exact) mass is 696 g/mol. The molecule has 2 aliphatic rings. The molecule has 2 amide bonds. The zero-order valence-electron chi connectivity index (χ0n) is 29.9. The first-order chi connectivity index (χ1) is 23.4. The van der Waals surface area contributed by atoms with Gasteiger partial charge >= 0.3 is 12.1 Å². The maximum atomic E-state index is 13.6. The van der Waals surface area contributed by atoms with Gasteiger partial charge in [0.2, 0.25) is 5.88 Å². The largest absolute Gasteiger partial charge is 0.476 e.